The van der Waals surface area contributed by atoms with Crippen LogP contribution in [-0.2, 0) is 22.4 Å². The van der Waals surface area contributed by atoms with Crippen LogP contribution in [0.25, 0.3) is 0 Å². The maximum absolute atomic E-state index is 12.8. The molecule has 1 atom stereocenters. The van der Waals surface area contributed by atoms with Crippen LogP contribution in [0.15, 0.2) is 30.3 Å². The SMILES string of the molecule is CC(C)c1ccc(NC(=O)[C@H]2CCc3sc(C(=O)N4CCOCC4)cc3C2)cc1. The second-order valence-corrected chi connectivity index (χ2v) is 9.31. The first-order valence-corrected chi connectivity index (χ1v) is 11.2. The van der Waals surface area contributed by atoms with Gasteiger partial charge in [-0.2, -0.15) is 0 Å². The minimum atomic E-state index is -0.0479. The zero-order valence-electron chi connectivity index (χ0n) is 17.1. The number of hydrogen-bond donors (Lipinski definition) is 1. The number of hydrogen-bond acceptors (Lipinski definition) is 4. The fourth-order valence-corrected chi connectivity index (χ4v) is 5.15. The number of fused-ring (bicyclic) bond motifs is 1. The van der Waals surface area contributed by atoms with Gasteiger partial charge in [-0.25, -0.2) is 0 Å². The predicted molar refractivity (Wildman–Crippen MR) is 116 cm³/mol. The smallest absolute Gasteiger partial charge is 0.264 e. The predicted octanol–water partition coefficient (Wildman–Crippen LogP) is 4.09. The molecule has 2 heterocycles. The van der Waals surface area contributed by atoms with E-state index in [9.17, 15) is 9.59 Å². The Labute approximate surface area is 176 Å². The Kier molecular flexibility index (Phi) is 6.01. The van der Waals surface area contributed by atoms with Crippen LogP contribution in [0.1, 0.15) is 51.9 Å². The minimum Gasteiger partial charge on any atom is -0.378 e. The van der Waals surface area contributed by atoms with Gasteiger partial charge >= 0.3 is 0 Å². The number of thiophene rings is 1. The zero-order valence-corrected chi connectivity index (χ0v) is 17.9. The average Bonchev–Trinajstić information content (AvgIpc) is 3.17. The molecule has 0 unspecified atom stereocenters. The fraction of sp³-hybridized carbons (Fsp3) is 0.478. The second kappa shape index (κ2) is 8.67. The molecule has 0 bridgehead atoms. The van der Waals surface area contributed by atoms with Crippen molar-refractivity contribution in [1.29, 1.82) is 0 Å². The number of nitrogens with zero attached hydrogens (tertiary/aromatic N) is 1. The molecule has 2 amide bonds. The van der Waals surface area contributed by atoms with Crippen molar-refractivity contribution in [3.05, 3.63) is 51.2 Å². The maximum Gasteiger partial charge on any atom is 0.264 e. The molecule has 5 nitrogen and oxygen atoms in total. The van der Waals surface area contributed by atoms with Gasteiger partial charge < -0.3 is 15.0 Å². The van der Waals surface area contributed by atoms with Crippen molar-refractivity contribution >= 4 is 28.8 Å². The molecule has 1 aromatic heterocycles. The maximum atomic E-state index is 12.8. The van der Waals surface area contributed by atoms with Gasteiger partial charge in [0.15, 0.2) is 0 Å². The highest BCUT2D eigenvalue weighted by Crippen LogP contribution is 2.33. The normalized spacial score (nSPS) is 19.1. The van der Waals surface area contributed by atoms with E-state index in [-0.39, 0.29) is 17.7 Å². The molecular formula is C23H28N2O3S. The summed E-state index contributed by atoms with van der Waals surface area (Å²) in [5, 5.41) is 3.07. The number of anilines is 1. The Hall–Kier alpha value is -2.18. The summed E-state index contributed by atoms with van der Waals surface area (Å²) in [6, 6.07) is 10.1. The number of ether oxygens (including phenoxy) is 1. The van der Waals surface area contributed by atoms with E-state index in [1.807, 2.05) is 23.1 Å². The lowest BCUT2D eigenvalue weighted by atomic mass is 9.87. The third-order valence-corrected chi connectivity index (χ3v) is 7.03. The molecule has 1 aliphatic heterocycles. The standard InChI is InChI=1S/C23H28N2O3S/c1-15(2)16-3-6-19(7-4-16)24-22(26)17-5-8-20-18(13-17)14-21(29-20)23(27)25-9-11-28-12-10-25/h3-4,6-7,14-15,17H,5,8-13H2,1-2H3,(H,24,26)/t17-/m0/s1. The number of nitrogens with one attached hydrogen (secondary N) is 1. The number of benzene rings is 1. The van der Waals surface area contributed by atoms with Gasteiger partial charge in [-0.15, -0.1) is 11.3 Å². The van der Waals surface area contributed by atoms with Crippen LogP contribution in [-0.4, -0.2) is 43.0 Å². The summed E-state index contributed by atoms with van der Waals surface area (Å²) in [4.78, 5) is 29.5. The molecule has 2 aromatic rings. The number of rotatable bonds is 4. The van der Waals surface area contributed by atoms with Crippen molar-refractivity contribution in [3.8, 4) is 0 Å². The molecule has 1 aliphatic carbocycles. The molecule has 1 aromatic carbocycles. The lowest BCUT2D eigenvalue weighted by molar-refractivity contribution is -0.120. The summed E-state index contributed by atoms with van der Waals surface area (Å²) >= 11 is 1.60. The molecule has 0 radical (unpaired) electrons. The van der Waals surface area contributed by atoms with Crippen molar-refractivity contribution in [2.75, 3.05) is 31.6 Å². The molecule has 1 saturated heterocycles. The number of morpholine rings is 1. The van der Waals surface area contributed by atoms with E-state index >= 15 is 0 Å². The van der Waals surface area contributed by atoms with Crippen LogP contribution in [0.2, 0.25) is 0 Å². The van der Waals surface area contributed by atoms with Crippen molar-refractivity contribution in [2.24, 2.45) is 5.92 Å². The first-order chi connectivity index (χ1) is 14.0. The van der Waals surface area contributed by atoms with E-state index in [2.05, 4.69) is 31.3 Å². The first kappa shape index (κ1) is 20.1. The summed E-state index contributed by atoms with van der Waals surface area (Å²) in [5.41, 5.74) is 3.27. The van der Waals surface area contributed by atoms with Crippen LogP contribution in [0.3, 0.4) is 0 Å². The summed E-state index contributed by atoms with van der Waals surface area (Å²) < 4.78 is 5.34. The van der Waals surface area contributed by atoms with Crippen molar-refractivity contribution in [2.45, 2.75) is 39.0 Å². The van der Waals surface area contributed by atoms with Crippen molar-refractivity contribution in [1.82, 2.24) is 4.90 Å². The largest absolute Gasteiger partial charge is 0.378 e. The monoisotopic (exact) mass is 412 g/mol. The lowest BCUT2D eigenvalue weighted by Gasteiger charge is -2.26. The Morgan fingerprint density at radius 3 is 2.59 bits per heavy atom. The molecule has 0 spiro atoms. The molecule has 4 rings (SSSR count). The van der Waals surface area contributed by atoms with Gasteiger partial charge in [0, 0.05) is 29.6 Å². The molecule has 6 heteroatoms. The summed E-state index contributed by atoms with van der Waals surface area (Å²) in [5.74, 6) is 0.594. The van der Waals surface area contributed by atoms with Gasteiger partial charge in [0.1, 0.15) is 0 Å². The van der Waals surface area contributed by atoms with Gasteiger partial charge in [0.05, 0.1) is 18.1 Å². The average molecular weight is 413 g/mol. The van der Waals surface area contributed by atoms with Crippen molar-refractivity contribution < 1.29 is 14.3 Å². The molecule has 0 saturated carbocycles. The van der Waals surface area contributed by atoms with Crippen LogP contribution in [0.4, 0.5) is 5.69 Å². The molecular weight excluding hydrogens is 384 g/mol. The molecule has 1 fully saturated rings. The number of aryl methyl sites for hydroxylation is 1. The molecule has 154 valence electrons. The number of carbonyl (C=O) groups excluding carboxylic acids is 2. The highest BCUT2D eigenvalue weighted by atomic mass is 32.1. The van der Waals surface area contributed by atoms with E-state index in [4.69, 9.17) is 4.74 Å². The second-order valence-electron chi connectivity index (χ2n) is 8.17. The number of carbonyl (C=O) groups is 2. The Morgan fingerprint density at radius 1 is 1.17 bits per heavy atom. The topological polar surface area (TPSA) is 58.6 Å². The van der Waals surface area contributed by atoms with Crippen LogP contribution in [0, 0.1) is 5.92 Å². The number of amides is 2. The van der Waals surface area contributed by atoms with Gasteiger partial charge in [-0.3, -0.25) is 9.59 Å². The van der Waals surface area contributed by atoms with Gasteiger partial charge in [-0.05, 0) is 54.5 Å². The zero-order chi connectivity index (χ0) is 20.4. The Bertz CT molecular complexity index is 882. The third-order valence-electron chi connectivity index (χ3n) is 5.81. The van der Waals surface area contributed by atoms with Gasteiger partial charge in [-0.1, -0.05) is 26.0 Å². The molecule has 1 N–H and O–H groups in total. The first-order valence-electron chi connectivity index (χ1n) is 10.4. The quantitative estimate of drug-likeness (QED) is 0.823. The summed E-state index contributed by atoms with van der Waals surface area (Å²) in [6.07, 6.45) is 2.40. The third kappa shape index (κ3) is 4.54. The van der Waals surface area contributed by atoms with Crippen LogP contribution >= 0.6 is 11.3 Å². The van der Waals surface area contributed by atoms with Gasteiger partial charge in [0.2, 0.25) is 5.91 Å². The van der Waals surface area contributed by atoms with E-state index in [0.717, 1.165) is 29.0 Å². The van der Waals surface area contributed by atoms with E-state index in [0.29, 0.717) is 38.6 Å². The summed E-state index contributed by atoms with van der Waals surface area (Å²) in [7, 11) is 0. The van der Waals surface area contributed by atoms with Crippen molar-refractivity contribution in [3.63, 3.8) is 0 Å². The fourth-order valence-electron chi connectivity index (χ4n) is 3.97. The lowest BCUT2D eigenvalue weighted by Crippen LogP contribution is -2.40. The van der Waals surface area contributed by atoms with Gasteiger partial charge in [0.25, 0.3) is 5.91 Å². The highest BCUT2D eigenvalue weighted by Gasteiger charge is 2.29. The molecule has 2 aliphatic rings. The molecule has 29 heavy (non-hydrogen) atoms. The minimum absolute atomic E-state index is 0.0479. The van der Waals surface area contributed by atoms with Crippen LogP contribution in [0.5, 0.6) is 0 Å². The Morgan fingerprint density at radius 2 is 1.90 bits per heavy atom. The Balaban J connectivity index is 1.39. The van der Waals surface area contributed by atoms with E-state index in [1.165, 1.54) is 10.4 Å². The van der Waals surface area contributed by atoms with E-state index in [1.54, 1.807) is 11.3 Å². The van der Waals surface area contributed by atoms with E-state index < -0.39 is 0 Å². The highest BCUT2D eigenvalue weighted by molar-refractivity contribution is 7.14. The van der Waals surface area contributed by atoms with Crippen LogP contribution < -0.4 is 5.32 Å². The summed E-state index contributed by atoms with van der Waals surface area (Å²) in [6.45, 7) is 6.84.